The molecule has 20 heavy (non-hydrogen) atoms. The summed E-state index contributed by atoms with van der Waals surface area (Å²) < 4.78 is 1.71. The number of nitrogens with one attached hydrogen (secondary N) is 2. The van der Waals surface area contributed by atoms with E-state index in [1.807, 2.05) is 20.2 Å². The van der Waals surface area contributed by atoms with Gasteiger partial charge in [-0.15, -0.1) is 0 Å². The molecule has 7 heteroatoms. The van der Waals surface area contributed by atoms with Crippen LogP contribution in [0, 0.1) is 0 Å². The van der Waals surface area contributed by atoms with Gasteiger partial charge in [0.05, 0.1) is 5.69 Å². The number of nitrogens with zero attached hydrogens (tertiary/aromatic N) is 2. The molecule has 0 unspecified atom stereocenters. The van der Waals surface area contributed by atoms with Gasteiger partial charge in [-0.3, -0.25) is 4.68 Å². The lowest BCUT2D eigenvalue weighted by atomic mass is 9.77. The van der Waals surface area contributed by atoms with Gasteiger partial charge in [0.1, 0.15) is 5.54 Å². The van der Waals surface area contributed by atoms with Gasteiger partial charge in [0.25, 0.3) is 0 Å². The Hall–Kier alpha value is -2.05. The molecule has 1 saturated carbocycles. The lowest BCUT2D eigenvalue weighted by Crippen LogP contribution is -2.61. The smallest absolute Gasteiger partial charge is 0.329 e. The summed E-state index contributed by atoms with van der Waals surface area (Å²) in [5.74, 6) is -0.963. The van der Waals surface area contributed by atoms with Crippen LogP contribution in [0.25, 0.3) is 0 Å². The van der Waals surface area contributed by atoms with E-state index in [-0.39, 0.29) is 0 Å². The number of carboxylic acid groups (broad SMARTS) is 1. The number of carbonyl (C=O) groups excluding carboxylic acids is 1. The number of aromatic nitrogens is 2. The molecule has 1 heterocycles. The number of aliphatic carboxylic acids is 1. The fourth-order valence-corrected chi connectivity index (χ4v) is 2.39. The number of hydrogen-bond donors (Lipinski definition) is 3. The second-order valence-corrected chi connectivity index (χ2v) is 5.18. The maximum absolute atomic E-state index is 11.8. The van der Waals surface area contributed by atoms with Gasteiger partial charge in [-0.25, -0.2) is 9.59 Å². The van der Waals surface area contributed by atoms with Crippen molar-refractivity contribution in [2.24, 2.45) is 7.05 Å². The third-order valence-electron chi connectivity index (χ3n) is 3.74. The maximum Gasteiger partial charge on any atom is 0.329 e. The van der Waals surface area contributed by atoms with Crippen LogP contribution in [0.3, 0.4) is 0 Å². The van der Waals surface area contributed by atoms with Crippen molar-refractivity contribution in [2.45, 2.75) is 44.7 Å². The van der Waals surface area contributed by atoms with Crippen LogP contribution < -0.4 is 10.6 Å². The molecule has 3 N–H and O–H groups in total. The van der Waals surface area contributed by atoms with Gasteiger partial charge in [0.2, 0.25) is 0 Å². The van der Waals surface area contributed by atoms with Crippen LogP contribution in [0.1, 0.15) is 37.4 Å². The van der Waals surface area contributed by atoms with Gasteiger partial charge in [0.15, 0.2) is 0 Å². The minimum Gasteiger partial charge on any atom is -0.480 e. The molecule has 0 radical (unpaired) electrons. The fraction of sp³-hybridized carbons (Fsp3) is 0.615. The van der Waals surface area contributed by atoms with Crippen LogP contribution in [0.4, 0.5) is 4.79 Å². The highest BCUT2D eigenvalue weighted by Crippen LogP contribution is 2.31. The molecule has 0 atom stereocenters. The zero-order chi connectivity index (χ0) is 14.8. The minimum atomic E-state index is -1.08. The van der Waals surface area contributed by atoms with Crippen molar-refractivity contribution in [1.29, 1.82) is 0 Å². The number of carboxylic acids is 1. The van der Waals surface area contributed by atoms with Crippen molar-refractivity contribution in [1.82, 2.24) is 20.4 Å². The van der Waals surface area contributed by atoms with E-state index >= 15 is 0 Å². The molecule has 2 rings (SSSR count). The largest absolute Gasteiger partial charge is 0.480 e. The van der Waals surface area contributed by atoms with E-state index in [1.54, 1.807) is 4.68 Å². The first-order valence-electron chi connectivity index (χ1n) is 6.77. The van der Waals surface area contributed by atoms with Crippen LogP contribution in [0.15, 0.2) is 6.20 Å². The summed E-state index contributed by atoms with van der Waals surface area (Å²) in [6.45, 7) is 2.35. The number of hydrogen-bond acceptors (Lipinski definition) is 3. The maximum atomic E-state index is 11.8. The first kappa shape index (κ1) is 14.4. The predicted octanol–water partition coefficient (Wildman–Crippen LogP) is 0.789. The van der Waals surface area contributed by atoms with Gasteiger partial charge < -0.3 is 15.7 Å². The third-order valence-corrected chi connectivity index (χ3v) is 3.74. The molecule has 2 amide bonds. The molecule has 1 aliphatic carbocycles. The van der Waals surface area contributed by atoms with Gasteiger partial charge in [-0.05, 0) is 25.7 Å². The number of carbonyl (C=O) groups is 2. The van der Waals surface area contributed by atoms with E-state index in [0.717, 1.165) is 24.1 Å². The van der Waals surface area contributed by atoms with Crippen LogP contribution in [0.5, 0.6) is 0 Å². The number of urea groups is 1. The molecule has 1 aromatic heterocycles. The van der Waals surface area contributed by atoms with E-state index in [0.29, 0.717) is 19.4 Å². The summed E-state index contributed by atoms with van der Waals surface area (Å²) >= 11 is 0. The second kappa shape index (κ2) is 5.52. The number of amides is 2. The lowest BCUT2D eigenvalue weighted by Gasteiger charge is -2.38. The molecular formula is C13H20N4O3. The van der Waals surface area contributed by atoms with Gasteiger partial charge >= 0.3 is 12.0 Å². The molecular weight excluding hydrogens is 260 g/mol. The van der Waals surface area contributed by atoms with Crippen LogP contribution in [-0.2, 0) is 24.8 Å². The van der Waals surface area contributed by atoms with E-state index in [1.165, 1.54) is 0 Å². The topological polar surface area (TPSA) is 96.3 Å². The molecule has 110 valence electrons. The molecule has 0 aliphatic heterocycles. The minimum absolute atomic E-state index is 0.346. The monoisotopic (exact) mass is 280 g/mol. The van der Waals surface area contributed by atoms with Crippen LogP contribution in [0.2, 0.25) is 0 Å². The normalized spacial score (nSPS) is 16.3. The van der Waals surface area contributed by atoms with E-state index < -0.39 is 17.5 Å². The summed E-state index contributed by atoms with van der Waals surface area (Å²) in [5.41, 5.74) is 0.805. The second-order valence-electron chi connectivity index (χ2n) is 5.18. The Labute approximate surface area is 117 Å². The summed E-state index contributed by atoms with van der Waals surface area (Å²) in [7, 11) is 1.83. The SMILES string of the molecule is CCc1nn(C)cc1CNC(=O)NC1(C(=O)O)CCC1. The first-order chi connectivity index (χ1) is 9.47. The lowest BCUT2D eigenvalue weighted by molar-refractivity contribution is -0.148. The fourth-order valence-electron chi connectivity index (χ4n) is 2.39. The standard InChI is InChI=1S/C13H20N4O3/c1-3-10-9(8-17(2)16-10)7-14-12(20)15-13(11(18)19)5-4-6-13/h8H,3-7H2,1-2H3,(H,18,19)(H2,14,15,20). The molecule has 1 fully saturated rings. The van der Waals surface area contributed by atoms with Gasteiger partial charge in [0, 0.05) is 25.4 Å². The molecule has 7 nitrogen and oxygen atoms in total. The molecule has 0 aromatic carbocycles. The van der Waals surface area contributed by atoms with Crippen molar-refractivity contribution in [2.75, 3.05) is 0 Å². The van der Waals surface area contributed by atoms with Crippen molar-refractivity contribution in [3.05, 3.63) is 17.5 Å². The van der Waals surface area contributed by atoms with Crippen LogP contribution in [-0.4, -0.2) is 32.4 Å². The zero-order valence-electron chi connectivity index (χ0n) is 11.8. The van der Waals surface area contributed by atoms with E-state index in [4.69, 9.17) is 5.11 Å². The molecule has 1 aromatic rings. The van der Waals surface area contributed by atoms with Gasteiger partial charge in [-0.2, -0.15) is 5.10 Å². The Morgan fingerprint density at radius 3 is 2.70 bits per heavy atom. The molecule has 0 bridgehead atoms. The molecule has 0 spiro atoms. The van der Waals surface area contributed by atoms with Crippen molar-refractivity contribution < 1.29 is 14.7 Å². The summed E-state index contributed by atoms with van der Waals surface area (Å²) in [5, 5.41) is 18.7. The van der Waals surface area contributed by atoms with E-state index in [9.17, 15) is 9.59 Å². The van der Waals surface area contributed by atoms with Gasteiger partial charge in [-0.1, -0.05) is 6.92 Å². The Morgan fingerprint density at radius 1 is 1.50 bits per heavy atom. The Morgan fingerprint density at radius 2 is 2.20 bits per heavy atom. The zero-order valence-corrected chi connectivity index (χ0v) is 11.8. The average Bonchev–Trinajstić information content (AvgIpc) is 2.71. The highest BCUT2D eigenvalue weighted by Gasteiger charge is 2.45. The quantitative estimate of drug-likeness (QED) is 0.743. The highest BCUT2D eigenvalue weighted by atomic mass is 16.4. The van der Waals surface area contributed by atoms with E-state index in [2.05, 4.69) is 15.7 Å². The molecule has 0 saturated heterocycles. The Bertz CT molecular complexity index is 520. The van der Waals surface area contributed by atoms with Crippen molar-refractivity contribution in [3.63, 3.8) is 0 Å². The average molecular weight is 280 g/mol. The third kappa shape index (κ3) is 2.76. The highest BCUT2D eigenvalue weighted by molar-refractivity contribution is 5.87. The van der Waals surface area contributed by atoms with Crippen molar-refractivity contribution >= 4 is 12.0 Å². The van der Waals surface area contributed by atoms with Crippen LogP contribution >= 0.6 is 0 Å². The predicted molar refractivity (Wildman–Crippen MR) is 72.2 cm³/mol. The molecule has 1 aliphatic rings. The number of rotatable bonds is 5. The summed E-state index contributed by atoms with van der Waals surface area (Å²) in [6.07, 6.45) is 4.45. The number of aryl methyl sites for hydroxylation is 2. The van der Waals surface area contributed by atoms with Crippen molar-refractivity contribution in [3.8, 4) is 0 Å². The first-order valence-corrected chi connectivity index (χ1v) is 6.77. The summed E-state index contributed by atoms with van der Waals surface area (Å²) in [6, 6.07) is -0.446. The summed E-state index contributed by atoms with van der Waals surface area (Å²) in [4.78, 5) is 23.0. The Balaban J connectivity index is 1.90. The Kier molecular flexibility index (Phi) is 3.96.